The van der Waals surface area contributed by atoms with Crippen molar-refractivity contribution < 1.29 is 46.0 Å². The van der Waals surface area contributed by atoms with Crippen LogP contribution < -0.4 is 15.4 Å². The van der Waals surface area contributed by atoms with Gasteiger partial charge >= 0.3 is 10.2 Å². The second kappa shape index (κ2) is 17.8. The number of hydrogen-bond acceptors (Lipinski definition) is 11. The standard InChI is InChI=1S/C46H45F2N9O8S/c1-54(29-11-12-29)66(64,65)53-35-14-13-33(47)40(41(35)48)42(60)32-24-51-43-31(32)22-28(23-50-43)27-9-7-26(8-10-27)25-55-18-20-56(21-19-55)38(59)6-3-17-49-34-5-2-4-30-39(34)46(63)57(45(30)62)36-15-16-37(58)52-44(36)61/h2,4-5,7-10,13-14,22-24,29,36,49,53H,3,6,11-12,15-21,25H2,1H3,(H,50,51)(H,52,58,61). The Labute approximate surface area is 377 Å². The van der Waals surface area contributed by atoms with E-state index in [9.17, 15) is 37.2 Å². The molecule has 5 aromatic rings. The molecule has 1 atom stereocenters. The summed E-state index contributed by atoms with van der Waals surface area (Å²) in [5.74, 6) is -5.74. The third kappa shape index (κ3) is 8.65. The number of carbonyl (C=O) groups excluding carboxylic acids is 6. The fourth-order valence-electron chi connectivity index (χ4n) is 8.67. The summed E-state index contributed by atoms with van der Waals surface area (Å²) in [6.45, 7) is 3.45. The molecule has 20 heteroatoms. The van der Waals surface area contributed by atoms with Crippen LogP contribution in [0.1, 0.15) is 80.7 Å². The number of fused-ring (bicyclic) bond motifs is 2. The predicted molar refractivity (Wildman–Crippen MR) is 237 cm³/mol. The van der Waals surface area contributed by atoms with Gasteiger partial charge in [-0.2, -0.15) is 12.7 Å². The SMILES string of the molecule is CN(C1CC1)S(=O)(=O)Nc1ccc(F)c(C(=O)c2c[nH]c3ncc(-c4ccc(CN5CCN(C(=O)CCCNc6cccc7c6C(=O)N(C6CCC(=O)NC6=O)C7=O)CC5)cc4)cc23)c1F. The molecule has 1 unspecified atom stereocenters. The zero-order valence-electron chi connectivity index (χ0n) is 35.7. The van der Waals surface area contributed by atoms with Gasteiger partial charge < -0.3 is 15.2 Å². The Morgan fingerprint density at radius 3 is 2.39 bits per heavy atom. The van der Waals surface area contributed by atoms with Gasteiger partial charge in [-0.05, 0) is 67.1 Å². The zero-order chi connectivity index (χ0) is 46.4. The summed E-state index contributed by atoms with van der Waals surface area (Å²) in [6, 6.07) is 14.9. The van der Waals surface area contributed by atoms with E-state index in [2.05, 4.69) is 30.2 Å². The zero-order valence-corrected chi connectivity index (χ0v) is 36.6. The van der Waals surface area contributed by atoms with Gasteiger partial charge in [-0.15, -0.1) is 0 Å². The first-order valence-electron chi connectivity index (χ1n) is 21.6. The highest BCUT2D eigenvalue weighted by Crippen LogP contribution is 2.34. The van der Waals surface area contributed by atoms with E-state index in [-0.39, 0.29) is 47.9 Å². The summed E-state index contributed by atoms with van der Waals surface area (Å²) < 4.78 is 59.6. The number of piperidine rings is 1. The largest absolute Gasteiger partial charge is 0.384 e. The maximum Gasteiger partial charge on any atom is 0.301 e. The van der Waals surface area contributed by atoms with Crippen molar-refractivity contribution in [2.24, 2.45) is 0 Å². The Morgan fingerprint density at radius 2 is 1.67 bits per heavy atom. The molecule has 0 radical (unpaired) electrons. The Kier molecular flexibility index (Phi) is 12.0. The van der Waals surface area contributed by atoms with Crippen LogP contribution in [0.2, 0.25) is 0 Å². The average Bonchev–Trinajstić information content (AvgIpc) is 4.01. The molecule has 1 aliphatic carbocycles. The van der Waals surface area contributed by atoms with Crippen LogP contribution in [0, 0.1) is 11.6 Å². The number of nitrogens with one attached hydrogen (secondary N) is 4. The number of anilines is 2. The first kappa shape index (κ1) is 44.3. The summed E-state index contributed by atoms with van der Waals surface area (Å²) in [5, 5.41) is 5.71. The van der Waals surface area contributed by atoms with Crippen molar-refractivity contribution in [3.63, 3.8) is 0 Å². The number of H-pyrrole nitrogens is 1. The minimum atomic E-state index is -4.14. The number of benzene rings is 3. The molecular formula is C46H45F2N9O8S. The van der Waals surface area contributed by atoms with Crippen molar-refractivity contribution in [1.29, 1.82) is 0 Å². The van der Waals surface area contributed by atoms with Gasteiger partial charge in [-0.3, -0.25) is 48.6 Å². The number of piperazine rings is 1. The molecule has 4 aliphatic rings. The van der Waals surface area contributed by atoms with Gasteiger partial charge in [-0.1, -0.05) is 30.3 Å². The van der Waals surface area contributed by atoms with Crippen LogP contribution in [0.3, 0.4) is 0 Å². The smallest absolute Gasteiger partial charge is 0.301 e. The van der Waals surface area contributed by atoms with E-state index in [0.717, 1.165) is 32.5 Å². The van der Waals surface area contributed by atoms with Crippen LogP contribution >= 0.6 is 0 Å². The fourth-order valence-corrected chi connectivity index (χ4v) is 9.85. The summed E-state index contributed by atoms with van der Waals surface area (Å²) in [4.78, 5) is 89.8. The molecule has 342 valence electrons. The minimum Gasteiger partial charge on any atom is -0.384 e. The Hall–Kier alpha value is -6.90. The molecule has 5 amide bonds. The van der Waals surface area contributed by atoms with E-state index in [1.54, 1.807) is 24.4 Å². The molecule has 0 bridgehead atoms. The normalized spacial score (nSPS) is 18.0. The highest BCUT2D eigenvalue weighted by atomic mass is 32.2. The number of aromatic nitrogens is 2. The van der Waals surface area contributed by atoms with Gasteiger partial charge in [0.2, 0.25) is 23.5 Å². The minimum absolute atomic E-state index is 0.00987. The summed E-state index contributed by atoms with van der Waals surface area (Å²) in [7, 11) is -2.77. The fraction of sp³-hybridized carbons (Fsp3) is 0.326. The molecule has 17 nitrogen and oxygen atoms in total. The van der Waals surface area contributed by atoms with Crippen LogP contribution in [0.25, 0.3) is 22.2 Å². The van der Waals surface area contributed by atoms with E-state index < -0.39 is 68.5 Å². The van der Waals surface area contributed by atoms with Crippen molar-refractivity contribution >= 4 is 67.9 Å². The van der Waals surface area contributed by atoms with E-state index in [1.165, 1.54) is 19.3 Å². The van der Waals surface area contributed by atoms with Crippen LogP contribution in [0.15, 0.2) is 73.1 Å². The van der Waals surface area contributed by atoms with Gasteiger partial charge in [0.05, 0.1) is 22.4 Å². The van der Waals surface area contributed by atoms with Crippen molar-refractivity contribution in [2.75, 3.05) is 49.8 Å². The van der Waals surface area contributed by atoms with E-state index in [4.69, 9.17) is 0 Å². The number of hydrogen-bond donors (Lipinski definition) is 4. The lowest BCUT2D eigenvalue weighted by Crippen LogP contribution is -2.54. The summed E-state index contributed by atoms with van der Waals surface area (Å²) in [6.07, 6.45) is 5.15. The predicted octanol–water partition coefficient (Wildman–Crippen LogP) is 4.43. The maximum absolute atomic E-state index is 15.7. The molecule has 3 aromatic carbocycles. The van der Waals surface area contributed by atoms with Crippen molar-refractivity contribution in [3.8, 4) is 11.1 Å². The lowest BCUT2D eigenvalue weighted by Gasteiger charge is -2.35. The van der Waals surface area contributed by atoms with Crippen LogP contribution in [0.4, 0.5) is 20.2 Å². The molecule has 1 saturated carbocycles. The molecule has 3 fully saturated rings. The molecule has 2 saturated heterocycles. The average molecular weight is 922 g/mol. The second-order valence-electron chi connectivity index (χ2n) is 16.8. The summed E-state index contributed by atoms with van der Waals surface area (Å²) in [5.41, 5.74) is 2.12. The van der Waals surface area contributed by atoms with Gasteiger partial charge in [0.25, 0.3) is 11.8 Å². The van der Waals surface area contributed by atoms with E-state index in [1.807, 2.05) is 29.2 Å². The summed E-state index contributed by atoms with van der Waals surface area (Å²) >= 11 is 0. The lowest BCUT2D eigenvalue weighted by atomic mass is 9.99. The third-order valence-electron chi connectivity index (χ3n) is 12.5. The number of halogens is 2. The quantitative estimate of drug-likeness (QED) is 0.0655. The first-order valence-corrected chi connectivity index (χ1v) is 23.1. The number of pyridine rings is 1. The number of imide groups is 2. The molecule has 9 rings (SSSR count). The number of amides is 5. The first-order chi connectivity index (χ1) is 31.7. The number of aromatic amines is 1. The highest BCUT2D eigenvalue weighted by Gasteiger charge is 2.45. The molecule has 0 spiro atoms. The Bertz CT molecular complexity index is 2930. The van der Waals surface area contributed by atoms with Gasteiger partial charge in [-0.25, -0.2) is 13.8 Å². The number of nitrogens with zero attached hydrogens (tertiary/aromatic N) is 5. The number of carbonyl (C=O) groups is 6. The monoisotopic (exact) mass is 921 g/mol. The molecular weight excluding hydrogens is 877 g/mol. The second-order valence-corrected chi connectivity index (χ2v) is 18.6. The van der Waals surface area contributed by atoms with E-state index >= 15 is 8.78 Å². The van der Waals surface area contributed by atoms with Crippen LogP contribution in [0.5, 0.6) is 0 Å². The number of ketones is 1. The Morgan fingerprint density at radius 1 is 0.909 bits per heavy atom. The molecule has 66 heavy (non-hydrogen) atoms. The number of rotatable bonds is 15. The van der Waals surface area contributed by atoms with Crippen LogP contribution in [-0.4, -0.2) is 125 Å². The highest BCUT2D eigenvalue weighted by molar-refractivity contribution is 7.90. The molecule has 4 N–H and O–H groups in total. The van der Waals surface area contributed by atoms with Gasteiger partial charge in [0, 0.05) is 99.8 Å². The van der Waals surface area contributed by atoms with Crippen LogP contribution in [-0.2, 0) is 31.1 Å². The Balaban J connectivity index is 0.766. The topological polar surface area (TPSA) is 214 Å². The molecule has 2 aromatic heterocycles. The third-order valence-corrected chi connectivity index (χ3v) is 14.1. The molecule has 5 heterocycles. The van der Waals surface area contributed by atoms with Crippen molar-refractivity contribution in [1.82, 2.24) is 34.3 Å². The van der Waals surface area contributed by atoms with Gasteiger partial charge in [0.15, 0.2) is 5.82 Å². The van der Waals surface area contributed by atoms with Gasteiger partial charge in [0.1, 0.15) is 17.5 Å². The molecule has 3 aliphatic heterocycles. The van der Waals surface area contributed by atoms with Crippen molar-refractivity contribution in [2.45, 2.75) is 57.2 Å². The maximum atomic E-state index is 15.7. The van der Waals surface area contributed by atoms with Crippen molar-refractivity contribution in [3.05, 3.63) is 113 Å². The van der Waals surface area contributed by atoms with E-state index in [0.29, 0.717) is 80.8 Å². The lowest BCUT2D eigenvalue weighted by molar-refractivity contribution is -0.136.